The van der Waals surface area contributed by atoms with E-state index in [4.69, 9.17) is 14.2 Å². The summed E-state index contributed by atoms with van der Waals surface area (Å²) < 4.78 is 15.7. The molecule has 7 nitrogen and oxygen atoms in total. The highest BCUT2D eigenvalue weighted by Gasteiger charge is 2.22. The molecule has 0 radical (unpaired) electrons. The third kappa shape index (κ3) is 4.69. The minimum atomic E-state index is -1.01. The van der Waals surface area contributed by atoms with Gasteiger partial charge in [0.05, 0.1) is 19.4 Å². The van der Waals surface area contributed by atoms with Crippen LogP contribution in [0.4, 0.5) is 5.69 Å². The standard InChI is InChI=1S/C18H20N2O5/c1-4-24-17-13(8-7-11-19-17)18(22)25-12(2)16(21)20-14-9-5-6-10-15(14)23-3/h5-12H,4H2,1-3H3,(H,20,21)/t12-/m1/s1. The molecule has 2 aromatic rings. The maximum Gasteiger partial charge on any atom is 0.344 e. The molecule has 1 atom stereocenters. The van der Waals surface area contributed by atoms with E-state index >= 15 is 0 Å². The minimum absolute atomic E-state index is 0.168. The number of carbonyl (C=O) groups excluding carboxylic acids is 2. The Bertz CT molecular complexity index is 748. The van der Waals surface area contributed by atoms with E-state index in [0.29, 0.717) is 18.0 Å². The highest BCUT2D eigenvalue weighted by atomic mass is 16.6. The Hall–Kier alpha value is -3.09. The van der Waals surface area contributed by atoms with Crippen molar-refractivity contribution in [2.45, 2.75) is 20.0 Å². The Labute approximate surface area is 145 Å². The SMILES string of the molecule is CCOc1ncccc1C(=O)O[C@H](C)C(=O)Nc1ccccc1OC. The molecule has 7 heteroatoms. The number of anilines is 1. The molecule has 0 aliphatic rings. The summed E-state index contributed by atoms with van der Waals surface area (Å²) in [5.74, 6) is -0.466. The number of nitrogens with one attached hydrogen (secondary N) is 1. The summed E-state index contributed by atoms with van der Waals surface area (Å²) in [5.41, 5.74) is 0.663. The predicted molar refractivity (Wildman–Crippen MR) is 91.9 cm³/mol. The van der Waals surface area contributed by atoms with Crippen LogP contribution >= 0.6 is 0 Å². The van der Waals surface area contributed by atoms with Crippen molar-refractivity contribution >= 4 is 17.6 Å². The number of ether oxygens (including phenoxy) is 3. The summed E-state index contributed by atoms with van der Waals surface area (Å²) in [5, 5.41) is 2.67. The summed E-state index contributed by atoms with van der Waals surface area (Å²) >= 11 is 0. The first kappa shape index (κ1) is 18.3. The number of carbonyl (C=O) groups is 2. The van der Waals surface area contributed by atoms with E-state index in [1.54, 1.807) is 37.3 Å². The molecule has 0 saturated carbocycles. The summed E-state index contributed by atoms with van der Waals surface area (Å²) in [6.45, 7) is 3.63. The molecule has 132 valence electrons. The van der Waals surface area contributed by atoms with Gasteiger partial charge in [0.15, 0.2) is 6.10 Å². The summed E-state index contributed by atoms with van der Waals surface area (Å²) in [4.78, 5) is 28.5. The molecule has 1 N–H and O–H groups in total. The third-order valence-electron chi connectivity index (χ3n) is 3.29. The molecule has 0 spiro atoms. The molecule has 0 fully saturated rings. The number of hydrogen-bond donors (Lipinski definition) is 1. The number of benzene rings is 1. The van der Waals surface area contributed by atoms with Crippen LogP contribution in [0.1, 0.15) is 24.2 Å². The van der Waals surface area contributed by atoms with E-state index in [2.05, 4.69) is 10.3 Å². The van der Waals surface area contributed by atoms with Gasteiger partial charge in [-0.3, -0.25) is 4.79 Å². The van der Waals surface area contributed by atoms with Crippen LogP contribution in [0.3, 0.4) is 0 Å². The van der Waals surface area contributed by atoms with E-state index in [-0.39, 0.29) is 11.4 Å². The highest BCUT2D eigenvalue weighted by molar-refractivity contribution is 5.98. The molecule has 1 aromatic carbocycles. The van der Waals surface area contributed by atoms with Crippen LogP contribution in [-0.2, 0) is 9.53 Å². The van der Waals surface area contributed by atoms with Gasteiger partial charge in [0.1, 0.15) is 11.3 Å². The van der Waals surface area contributed by atoms with E-state index in [1.165, 1.54) is 26.3 Å². The second-order valence-corrected chi connectivity index (χ2v) is 5.03. The second kappa shape index (κ2) is 8.68. The monoisotopic (exact) mass is 344 g/mol. The topological polar surface area (TPSA) is 86.8 Å². The Balaban J connectivity index is 2.05. The van der Waals surface area contributed by atoms with Crippen molar-refractivity contribution < 1.29 is 23.8 Å². The number of rotatable bonds is 7. The first-order chi connectivity index (χ1) is 12.1. The third-order valence-corrected chi connectivity index (χ3v) is 3.29. The molecule has 1 amide bonds. The van der Waals surface area contributed by atoms with Crippen molar-refractivity contribution in [3.8, 4) is 11.6 Å². The van der Waals surface area contributed by atoms with Crippen molar-refractivity contribution in [2.24, 2.45) is 0 Å². The van der Waals surface area contributed by atoms with Gasteiger partial charge in [-0.15, -0.1) is 0 Å². The maximum absolute atomic E-state index is 12.3. The average molecular weight is 344 g/mol. The van der Waals surface area contributed by atoms with Crippen LogP contribution in [0.15, 0.2) is 42.6 Å². The molecule has 1 heterocycles. The van der Waals surface area contributed by atoms with Crippen molar-refractivity contribution in [1.82, 2.24) is 4.98 Å². The van der Waals surface area contributed by atoms with Gasteiger partial charge in [0.2, 0.25) is 5.88 Å². The van der Waals surface area contributed by atoms with Gasteiger partial charge in [-0.25, -0.2) is 9.78 Å². The number of esters is 1. The smallest absolute Gasteiger partial charge is 0.344 e. The van der Waals surface area contributed by atoms with E-state index in [9.17, 15) is 9.59 Å². The van der Waals surface area contributed by atoms with Gasteiger partial charge in [0.25, 0.3) is 5.91 Å². The quantitative estimate of drug-likeness (QED) is 0.777. The lowest BCUT2D eigenvalue weighted by atomic mass is 10.2. The molecule has 2 rings (SSSR count). The number of nitrogens with zero attached hydrogens (tertiary/aromatic N) is 1. The first-order valence-corrected chi connectivity index (χ1v) is 7.79. The molecular weight excluding hydrogens is 324 g/mol. The van der Waals surface area contributed by atoms with Gasteiger partial charge in [-0.1, -0.05) is 12.1 Å². The second-order valence-electron chi connectivity index (χ2n) is 5.03. The lowest BCUT2D eigenvalue weighted by molar-refractivity contribution is -0.123. The number of amides is 1. The van der Waals surface area contributed by atoms with Crippen LogP contribution in [0.25, 0.3) is 0 Å². The van der Waals surface area contributed by atoms with Gasteiger partial charge in [-0.05, 0) is 38.1 Å². The van der Waals surface area contributed by atoms with Gasteiger partial charge >= 0.3 is 5.97 Å². The summed E-state index contributed by atoms with van der Waals surface area (Å²) in [6, 6.07) is 10.1. The van der Waals surface area contributed by atoms with E-state index in [0.717, 1.165) is 0 Å². The number of para-hydroxylation sites is 2. The molecule has 0 aliphatic heterocycles. The zero-order valence-electron chi connectivity index (χ0n) is 14.3. The predicted octanol–water partition coefficient (Wildman–Crippen LogP) is 2.67. The molecule has 25 heavy (non-hydrogen) atoms. The van der Waals surface area contributed by atoms with Crippen LogP contribution in [0, 0.1) is 0 Å². The zero-order chi connectivity index (χ0) is 18.2. The number of pyridine rings is 1. The molecule has 1 aromatic heterocycles. The molecular formula is C18H20N2O5. The Morgan fingerprint density at radius 3 is 2.68 bits per heavy atom. The Morgan fingerprint density at radius 2 is 1.96 bits per heavy atom. The minimum Gasteiger partial charge on any atom is -0.495 e. The van der Waals surface area contributed by atoms with Gasteiger partial charge in [0, 0.05) is 6.20 Å². The number of hydrogen-bond acceptors (Lipinski definition) is 6. The maximum atomic E-state index is 12.3. The van der Waals surface area contributed by atoms with Crippen LogP contribution < -0.4 is 14.8 Å². The Morgan fingerprint density at radius 1 is 1.20 bits per heavy atom. The van der Waals surface area contributed by atoms with Crippen LogP contribution in [0.5, 0.6) is 11.6 Å². The van der Waals surface area contributed by atoms with Crippen LogP contribution in [0.2, 0.25) is 0 Å². The molecule has 0 bridgehead atoms. The lowest BCUT2D eigenvalue weighted by Crippen LogP contribution is -2.30. The van der Waals surface area contributed by atoms with E-state index < -0.39 is 18.0 Å². The number of methoxy groups -OCH3 is 1. The van der Waals surface area contributed by atoms with Crippen molar-refractivity contribution in [2.75, 3.05) is 19.0 Å². The van der Waals surface area contributed by atoms with Crippen molar-refractivity contribution in [3.05, 3.63) is 48.2 Å². The largest absolute Gasteiger partial charge is 0.495 e. The molecule has 0 unspecified atom stereocenters. The molecule has 0 saturated heterocycles. The summed E-state index contributed by atoms with van der Waals surface area (Å²) in [6.07, 6.45) is 0.506. The average Bonchev–Trinajstić information content (AvgIpc) is 2.62. The fraction of sp³-hybridized carbons (Fsp3) is 0.278. The number of aromatic nitrogens is 1. The zero-order valence-corrected chi connectivity index (χ0v) is 14.3. The van der Waals surface area contributed by atoms with Gasteiger partial charge in [-0.2, -0.15) is 0 Å². The van der Waals surface area contributed by atoms with Crippen LogP contribution in [-0.4, -0.2) is 36.7 Å². The molecule has 0 aliphatic carbocycles. The van der Waals surface area contributed by atoms with Crippen molar-refractivity contribution in [3.63, 3.8) is 0 Å². The fourth-order valence-electron chi connectivity index (χ4n) is 2.06. The van der Waals surface area contributed by atoms with E-state index in [1.807, 2.05) is 0 Å². The highest BCUT2D eigenvalue weighted by Crippen LogP contribution is 2.23. The van der Waals surface area contributed by atoms with Crippen molar-refractivity contribution in [1.29, 1.82) is 0 Å². The lowest BCUT2D eigenvalue weighted by Gasteiger charge is -2.15. The van der Waals surface area contributed by atoms with Gasteiger partial charge < -0.3 is 19.5 Å². The fourth-order valence-corrected chi connectivity index (χ4v) is 2.06. The first-order valence-electron chi connectivity index (χ1n) is 7.79. The normalized spacial score (nSPS) is 11.3. The Kier molecular flexibility index (Phi) is 6.33. The summed E-state index contributed by atoms with van der Waals surface area (Å²) in [7, 11) is 1.51.